The lowest BCUT2D eigenvalue weighted by molar-refractivity contribution is 0.401. The second-order valence-corrected chi connectivity index (χ2v) is 4.22. The molecule has 0 aliphatic carbocycles. The Hall–Kier alpha value is -1.92. The van der Waals surface area contributed by atoms with Gasteiger partial charge in [0.2, 0.25) is 0 Å². The third-order valence-electron chi connectivity index (χ3n) is 3.00. The molecule has 0 radical (unpaired) electrons. The van der Waals surface area contributed by atoms with Crippen LogP contribution in [0, 0.1) is 0 Å². The van der Waals surface area contributed by atoms with Crippen molar-refractivity contribution in [1.29, 1.82) is 0 Å². The van der Waals surface area contributed by atoms with Gasteiger partial charge < -0.3 is 4.74 Å². The van der Waals surface area contributed by atoms with Gasteiger partial charge in [0.05, 0.1) is 25.0 Å². The van der Waals surface area contributed by atoms with E-state index in [9.17, 15) is 0 Å². The molecule has 1 unspecified atom stereocenters. The third kappa shape index (κ3) is 2.74. The Morgan fingerprint density at radius 2 is 2.21 bits per heavy atom. The predicted molar refractivity (Wildman–Crippen MR) is 72.5 cm³/mol. The summed E-state index contributed by atoms with van der Waals surface area (Å²) in [5.74, 6) is 6.50. The zero-order chi connectivity index (χ0) is 13.7. The highest BCUT2D eigenvalue weighted by atomic mass is 16.5. The summed E-state index contributed by atoms with van der Waals surface area (Å²) in [6, 6.07) is 7.58. The molecule has 0 saturated carbocycles. The van der Waals surface area contributed by atoms with Crippen LogP contribution in [0.15, 0.2) is 30.5 Å². The van der Waals surface area contributed by atoms with Crippen molar-refractivity contribution < 1.29 is 4.74 Å². The van der Waals surface area contributed by atoms with Crippen LogP contribution in [0.2, 0.25) is 0 Å². The molecule has 2 aromatic rings. The fourth-order valence-corrected chi connectivity index (χ4v) is 2.11. The number of aromatic nitrogens is 3. The summed E-state index contributed by atoms with van der Waals surface area (Å²) in [5.41, 5.74) is 4.70. The standard InChI is InChI=1S/C13H19N5O/c1-3-8-18-11(9-15-17-18)13(16-14)10-6-4-5-7-12(10)19-2/h4-7,9,13,16H,3,8,14H2,1-2H3. The SMILES string of the molecule is CCCn1nncc1C(NN)c1ccccc1OC. The molecule has 0 bridgehead atoms. The molecule has 6 heteroatoms. The number of aryl methyl sites for hydroxylation is 1. The summed E-state index contributed by atoms with van der Waals surface area (Å²) in [7, 11) is 1.65. The van der Waals surface area contributed by atoms with Crippen molar-refractivity contribution in [2.75, 3.05) is 7.11 Å². The lowest BCUT2D eigenvalue weighted by Gasteiger charge is -2.19. The van der Waals surface area contributed by atoms with Crippen LogP contribution in [0.25, 0.3) is 0 Å². The van der Waals surface area contributed by atoms with Crippen LogP contribution in [0.1, 0.15) is 30.6 Å². The minimum Gasteiger partial charge on any atom is -0.496 e. The largest absolute Gasteiger partial charge is 0.496 e. The minimum atomic E-state index is -0.197. The fraction of sp³-hybridized carbons (Fsp3) is 0.385. The Bertz CT molecular complexity index is 525. The summed E-state index contributed by atoms with van der Waals surface area (Å²) in [6.07, 6.45) is 2.71. The zero-order valence-electron chi connectivity index (χ0n) is 11.2. The van der Waals surface area contributed by atoms with E-state index in [0.717, 1.165) is 30.0 Å². The number of benzene rings is 1. The molecule has 3 N–H and O–H groups in total. The van der Waals surface area contributed by atoms with E-state index in [1.807, 2.05) is 28.9 Å². The van der Waals surface area contributed by atoms with Gasteiger partial charge in [-0.1, -0.05) is 30.3 Å². The average Bonchev–Trinajstić information content (AvgIpc) is 2.89. The molecule has 0 amide bonds. The zero-order valence-corrected chi connectivity index (χ0v) is 11.2. The predicted octanol–water partition coefficient (Wildman–Crippen LogP) is 1.25. The second kappa shape index (κ2) is 6.31. The quantitative estimate of drug-likeness (QED) is 0.604. The molecule has 0 aliphatic heterocycles. The number of nitrogens with one attached hydrogen (secondary N) is 1. The van der Waals surface area contributed by atoms with Gasteiger partial charge in [0.25, 0.3) is 0 Å². The van der Waals surface area contributed by atoms with Crippen LogP contribution in [0.4, 0.5) is 0 Å². The van der Waals surface area contributed by atoms with Crippen molar-refractivity contribution in [3.8, 4) is 5.75 Å². The van der Waals surface area contributed by atoms with Crippen molar-refractivity contribution in [1.82, 2.24) is 20.4 Å². The van der Waals surface area contributed by atoms with Gasteiger partial charge in [0.15, 0.2) is 0 Å². The molecule has 1 atom stereocenters. The van der Waals surface area contributed by atoms with Crippen molar-refractivity contribution in [3.05, 3.63) is 41.7 Å². The number of para-hydroxylation sites is 1. The molecular weight excluding hydrogens is 242 g/mol. The van der Waals surface area contributed by atoms with Crippen LogP contribution < -0.4 is 16.0 Å². The molecule has 1 aromatic heterocycles. The van der Waals surface area contributed by atoms with Crippen molar-refractivity contribution in [2.24, 2.45) is 5.84 Å². The molecular formula is C13H19N5O. The molecule has 6 nitrogen and oxygen atoms in total. The molecule has 0 saturated heterocycles. The number of hydrogen-bond donors (Lipinski definition) is 2. The van der Waals surface area contributed by atoms with Gasteiger partial charge in [-0.3, -0.25) is 5.84 Å². The molecule has 1 aromatic carbocycles. The summed E-state index contributed by atoms with van der Waals surface area (Å²) in [5, 5.41) is 8.05. The second-order valence-electron chi connectivity index (χ2n) is 4.22. The van der Waals surface area contributed by atoms with E-state index in [2.05, 4.69) is 22.7 Å². The van der Waals surface area contributed by atoms with Crippen molar-refractivity contribution in [3.63, 3.8) is 0 Å². The van der Waals surface area contributed by atoms with Gasteiger partial charge in [0, 0.05) is 12.1 Å². The minimum absolute atomic E-state index is 0.197. The topological polar surface area (TPSA) is 78.0 Å². The van der Waals surface area contributed by atoms with Crippen LogP contribution in [-0.2, 0) is 6.54 Å². The number of methoxy groups -OCH3 is 1. The van der Waals surface area contributed by atoms with Crippen LogP contribution in [0.5, 0.6) is 5.75 Å². The molecule has 19 heavy (non-hydrogen) atoms. The van der Waals surface area contributed by atoms with E-state index >= 15 is 0 Å². The molecule has 102 valence electrons. The highest BCUT2D eigenvalue weighted by Gasteiger charge is 2.20. The summed E-state index contributed by atoms with van der Waals surface area (Å²) in [6.45, 7) is 2.90. The van der Waals surface area contributed by atoms with Gasteiger partial charge in [-0.25, -0.2) is 10.1 Å². The first-order valence-electron chi connectivity index (χ1n) is 6.29. The third-order valence-corrected chi connectivity index (χ3v) is 3.00. The van der Waals surface area contributed by atoms with Crippen LogP contribution in [-0.4, -0.2) is 22.1 Å². The van der Waals surface area contributed by atoms with Crippen LogP contribution in [0.3, 0.4) is 0 Å². The Kier molecular flexibility index (Phi) is 4.48. The Labute approximate surface area is 112 Å². The van der Waals surface area contributed by atoms with E-state index in [1.54, 1.807) is 13.3 Å². The first kappa shape index (κ1) is 13.5. The Morgan fingerprint density at radius 1 is 1.42 bits per heavy atom. The van der Waals surface area contributed by atoms with Gasteiger partial charge in [-0.05, 0) is 12.5 Å². The number of rotatable bonds is 6. The maximum atomic E-state index is 5.71. The number of nitrogens with zero attached hydrogens (tertiary/aromatic N) is 3. The number of hydrogen-bond acceptors (Lipinski definition) is 5. The van der Waals surface area contributed by atoms with Crippen molar-refractivity contribution >= 4 is 0 Å². The van der Waals surface area contributed by atoms with E-state index in [4.69, 9.17) is 10.6 Å². The fourth-order valence-electron chi connectivity index (χ4n) is 2.11. The summed E-state index contributed by atoms with van der Waals surface area (Å²) < 4.78 is 7.24. The first-order chi connectivity index (χ1) is 9.31. The highest BCUT2D eigenvalue weighted by molar-refractivity contribution is 5.39. The number of ether oxygens (including phenoxy) is 1. The number of hydrazine groups is 1. The molecule has 1 heterocycles. The Balaban J connectivity index is 2.41. The lowest BCUT2D eigenvalue weighted by atomic mass is 10.0. The smallest absolute Gasteiger partial charge is 0.124 e. The molecule has 2 rings (SSSR count). The van der Waals surface area contributed by atoms with E-state index in [-0.39, 0.29) is 6.04 Å². The lowest BCUT2D eigenvalue weighted by Crippen LogP contribution is -2.31. The normalized spacial score (nSPS) is 12.4. The molecule has 0 fully saturated rings. The average molecular weight is 261 g/mol. The maximum absolute atomic E-state index is 5.71. The summed E-state index contributed by atoms with van der Waals surface area (Å²) >= 11 is 0. The van der Waals surface area contributed by atoms with Crippen LogP contribution >= 0.6 is 0 Å². The van der Waals surface area contributed by atoms with Crippen molar-refractivity contribution in [2.45, 2.75) is 25.9 Å². The summed E-state index contributed by atoms with van der Waals surface area (Å²) in [4.78, 5) is 0. The van der Waals surface area contributed by atoms with E-state index in [1.165, 1.54) is 0 Å². The van der Waals surface area contributed by atoms with E-state index < -0.39 is 0 Å². The first-order valence-corrected chi connectivity index (χ1v) is 6.29. The van der Waals surface area contributed by atoms with Gasteiger partial charge >= 0.3 is 0 Å². The maximum Gasteiger partial charge on any atom is 0.124 e. The molecule has 0 aliphatic rings. The molecule has 0 spiro atoms. The van der Waals surface area contributed by atoms with Gasteiger partial charge in [-0.2, -0.15) is 0 Å². The van der Waals surface area contributed by atoms with Gasteiger partial charge in [-0.15, -0.1) is 5.10 Å². The number of nitrogens with two attached hydrogens (primary N) is 1. The highest BCUT2D eigenvalue weighted by Crippen LogP contribution is 2.28. The monoisotopic (exact) mass is 261 g/mol. The van der Waals surface area contributed by atoms with E-state index in [0.29, 0.717) is 0 Å². The van der Waals surface area contributed by atoms with Gasteiger partial charge in [0.1, 0.15) is 5.75 Å². The Morgan fingerprint density at radius 3 is 2.89 bits per heavy atom.